The number of nitrogens with one attached hydrogen (secondary N) is 1. The van der Waals surface area contributed by atoms with Crippen molar-refractivity contribution < 1.29 is 27.9 Å². The average Bonchev–Trinajstić information content (AvgIpc) is 2.65. The van der Waals surface area contributed by atoms with E-state index in [-0.39, 0.29) is 5.56 Å². The van der Waals surface area contributed by atoms with Gasteiger partial charge in [-0.05, 0) is 30.5 Å². The number of nitrogens with zero attached hydrogens (tertiary/aromatic N) is 1. The zero-order chi connectivity index (χ0) is 19.6. The summed E-state index contributed by atoms with van der Waals surface area (Å²) < 4.78 is 33.3. The van der Waals surface area contributed by atoms with Crippen molar-refractivity contribution >= 4 is 17.8 Å². The van der Waals surface area contributed by atoms with Crippen LogP contribution in [0.25, 0.3) is 0 Å². The van der Waals surface area contributed by atoms with Crippen LogP contribution in [0, 0.1) is 11.7 Å². The highest BCUT2D eigenvalue weighted by atomic mass is 19.1. The van der Waals surface area contributed by atoms with Crippen molar-refractivity contribution in [3.63, 3.8) is 0 Å². The lowest BCUT2D eigenvalue weighted by Crippen LogP contribution is -2.62. The van der Waals surface area contributed by atoms with Crippen LogP contribution >= 0.6 is 0 Å². The quantitative estimate of drug-likeness (QED) is 0.752. The van der Waals surface area contributed by atoms with E-state index in [1.165, 1.54) is 18.2 Å². The number of alkyl halides is 1. The molecular weight excluding hydrogens is 360 g/mol. The number of urea groups is 1. The molecule has 2 saturated heterocycles. The number of amides is 4. The normalized spacial score (nSPS) is 23.9. The first kappa shape index (κ1) is 19.4. The largest absolute Gasteiger partial charge is 0.381 e. The molecule has 0 bridgehead atoms. The first-order valence-electron chi connectivity index (χ1n) is 8.79. The molecule has 0 radical (unpaired) electrons. The van der Waals surface area contributed by atoms with Crippen LogP contribution in [0.2, 0.25) is 0 Å². The van der Waals surface area contributed by atoms with E-state index in [2.05, 4.69) is 5.32 Å². The lowest BCUT2D eigenvalue weighted by atomic mass is 9.91. The number of hydrogen-bond donors (Lipinski definition) is 2. The lowest BCUT2D eigenvalue weighted by molar-refractivity contribution is -0.146. The SMILES string of the molecule is N[C@@H](c1cccc(F)c1)[C@H](F)CC1C(=O)NC(=O)N(C2CCOCC2)C1=O. The maximum atomic E-state index is 14.7. The molecule has 1 unspecified atom stereocenters. The van der Waals surface area contributed by atoms with Gasteiger partial charge in [0.25, 0.3) is 0 Å². The topological polar surface area (TPSA) is 102 Å². The van der Waals surface area contributed by atoms with E-state index in [1.807, 2.05) is 0 Å². The van der Waals surface area contributed by atoms with Crippen molar-refractivity contribution in [3.05, 3.63) is 35.6 Å². The second kappa shape index (κ2) is 8.10. The number of halogens is 2. The predicted molar refractivity (Wildman–Crippen MR) is 90.6 cm³/mol. The molecule has 9 heteroatoms. The average molecular weight is 381 g/mol. The van der Waals surface area contributed by atoms with Crippen LogP contribution in [0.1, 0.15) is 30.9 Å². The van der Waals surface area contributed by atoms with Gasteiger partial charge < -0.3 is 10.5 Å². The van der Waals surface area contributed by atoms with E-state index in [1.54, 1.807) is 0 Å². The third kappa shape index (κ3) is 4.14. The highest BCUT2D eigenvalue weighted by Crippen LogP contribution is 2.27. The van der Waals surface area contributed by atoms with E-state index in [0.717, 1.165) is 11.0 Å². The summed E-state index contributed by atoms with van der Waals surface area (Å²) in [4.78, 5) is 38.0. The molecule has 2 heterocycles. The van der Waals surface area contributed by atoms with Gasteiger partial charge in [-0.3, -0.25) is 19.8 Å². The molecule has 3 rings (SSSR count). The van der Waals surface area contributed by atoms with Crippen molar-refractivity contribution in [3.8, 4) is 0 Å². The van der Waals surface area contributed by atoms with Crippen LogP contribution in [-0.4, -0.2) is 48.2 Å². The maximum Gasteiger partial charge on any atom is 0.331 e. The summed E-state index contributed by atoms with van der Waals surface area (Å²) in [6.07, 6.45) is -1.34. The number of barbiturate groups is 1. The summed E-state index contributed by atoms with van der Waals surface area (Å²) in [6.45, 7) is 0.799. The summed E-state index contributed by atoms with van der Waals surface area (Å²) in [7, 11) is 0. The smallest absolute Gasteiger partial charge is 0.331 e. The number of imide groups is 2. The van der Waals surface area contributed by atoms with Gasteiger partial charge in [0.2, 0.25) is 11.8 Å². The minimum absolute atomic E-state index is 0.225. The fraction of sp³-hybridized carbons (Fsp3) is 0.500. The van der Waals surface area contributed by atoms with Crippen LogP contribution in [0.3, 0.4) is 0 Å². The second-order valence-corrected chi connectivity index (χ2v) is 6.73. The minimum Gasteiger partial charge on any atom is -0.381 e. The second-order valence-electron chi connectivity index (χ2n) is 6.73. The third-order valence-corrected chi connectivity index (χ3v) is 4.94. The van der Waals surface area contributed by atoms with Crippen LogP contribution in [0.15, 0.2) is 24.3 Å². The molecule has 4 amide bonds. The molecule has 3 N–H and O–H groups in total. The zero-order valence-electron chi connectivity index (χ0n) is 14.6. The van der Waals surface area contributed by atoms with Gasteiger partial charge in [0, 0.05) is 25.7 Å². The number of carbonyl (C=O) groups excluding carboxylic acids is 3. The van der Waals surface area contributed by atoms with Gasteiger partial charge in [0.1, 0.15) is 17.9 Å². The summed E-state index contributed by atoms with van der Waals surface area (Å²) in [6, 6.07) is 2.81. The number of benzene rings is 1. The number of carbonyl (C=O) groups is 3. The molecule has 0 spiro atoms. The fourth-order valence-corrected chi connectivity index (χ4v) is 3.42. The van der Waals surface area contributed by atoms with Crippen molar-refractivity contribution in [2.75, 3.05) is 13.2 Å². The summed E-state index contributed by atoms with van der Waals surface area (Å²) in [5.41, 5.74) is 6.06. The molecule has 27 heavy (non-hydrogen) atoms. The zero-order valence-corrected chi connectivity index (χ0v) is 14.6. The Morgan fingerprint density at radius 2 is 1.96 bits per heavy atom. The van der Waals surface area contributed by atoms with Crippen molar-refractivity contribution in [2.45, 2.75) is 37.5 Å². The Morgan fingerprint density at radius 3 is 2.63 bits per heavy atom. The van der Waals surface area contributed by atoms with E-state index in [0.29, 0.717) is 26.1 Å². The Balaban J connectivity index is 1.73. The third-order valence-electron chi connectivity index (χ3n) is 4.94. The van der Waals surface area contributed by atoms with Gasteiger partial charge in [-0.2, -0.15) is 0 Å². The molecule has 0 aliphatic carbocycles. The van der Waals surface area contributed by atoms with E-state index in [9.17, 15) is 23.2 Å². The summed E-state index contributed by atoms with van der Waals surface area (Å²) >= 11 is 0. The molecule has 1 aromatic rings. The molecular formula is C18H21F2N3O4. The first-order chi connectivity index (χ1) is 12.9. The van der Waals surface area contributed by atoms with Gasteiger partial charge in [0.15, 0.2) is 0 Å². The van der Waals surface area contributed by atoms with Crippen LogP contribution in [0.4, 0.5) is 13.6 Å². The van der Waals surface area contributed by atoms with Crippen molar-refractivity contribution in [1.29, 1.82) is 0 Å². The standard InChI is InChI=1S/C18H21F2N3O4/c19-11-3-1-2-10(8-11)15(21)14(20)9-13-16(24)22-18(26)23(17(13)25)12-4-6-27-7-5-12/h1-3,8,12-15H,4-7,9,21H2,(H,22,24,26)/t13?,14-,15+/m1/s1. The highest BCUT2D eigenvalue weighted by Gasteiger charge is 2.45. The van der Waals surface area contributed by atoms with Crippen LogP contribution in [-0.2, 0) is 14.3 Å². The molecule has 2 aliphatic rings. The number of hydrogen-bond acceptors (Lipinski definition) is 5. The molecule has 0 aromatic heterocycles. The molecule has 2 fully saturated rings. The monoisotopic (exact) mass is 381 g/mol. The van der Waals surface area contributed by atoms with Crippen molar-refractivity contribution in [2.24, 2.45) is 11.7 Å². The van der Waals surface area contributed by atoms with Gasteiger partial charge in [0.05, 0.1) is 6.04 Å². The summed E-state index contributed by atoms with van der Waals surface area (Å²) in [5, 5.41) is 2.12. The molecule has 3 atom stereocenters. The Kier molecular flexibility index (Phi) is 5.81. The Morgan fingerprint density at radius 1 is 1.26 bits per heavy atom. The van der Waals surface area contributed by atoms with Crippen LogP contribution < -0.4 is 11.1 Å². The summed E-state index contributed by atoms with van der Waals surface area (Å²) in [5.74, 6) is -3.50. The van der Waals surface area contributed by atoms with Crippen molar-refractivity contribution in [1.82, 2.24) is 10.2 Å². The Hall–Kier alpha value is -2.39. The maximum absolute atomic E-state index is 14.7. The molecule has 7 nitrogen and oxygen atoms in total. The molecule has 2 aliphatic heterocycles. The number of rotatable bonds is 5. The molecule has 1 aromatic carbocycles. The van der Waals surface area contributed by atoms with Gasteiger partial charge in [-0.25, -0.2) is 13.6 Å². The van der Waals surface area contributed by atoms with Gasteiger partial charge in [-0.15, -0.1) is 0 Å². The van der Waals surface area contributed by atoms with Crippen LogP contribution in [0.5, 0.6) is 0 Å². The van der Waals surface area contributed by atoms with E-state index >= 15 is 0 Å². The predicted octanol–water partition coefficient (Wildman–Crippen LogP) is 1.43. The van der Waals surface area contributed by atoms with E-state index < -0.39 is 54.3 Å². The lowest BCUT2D eigenvalue weighted by Gasteiger charge is -2.37. The first-order valence-corrected chi connectivity index (χ1v) is 8.79. The Bertz CT molecular complexity index is 739. The minimum atomic E-state index is -1.77. The Labute approximate surface area is 154 Å². The fourth-order valence-electron chi connectivity index (χ4n) is 3.42. The van der Waals surface area contributed by atoms with Gasteiger partial charge >= 0.3 is 6.03 Å². The number of ether oxygens (including phenoxy) is 1. The molecule has 0 saturated carbocycles. The highest BCUT2D eigenvalue weighted by molar-refractivity contribution is 6.16. The number of nitrogens with two attached hydrogens (primary N) is 1. The van der Waals surface area contributed by atoms with Gasteiger partial charge in [-0.1, -0.05) is 12.1 Å². The van der Waals surface area contributed by atoms with E-state index in [4.69, 9.17) is 10.5 Å². The molecule has 146 valence electrons.